The van der Waals surface area contributed by atoms with Crippen molar-refractivity contribution in [3.05, 3.63) is 24.0 Å². The largest absolute Gasteiger partial charge is 0.344 e. The highest BCUT2D eigenvalue weighted by atomic mass is 32.2. The maximum absolute atomic E-state index is 12.1. The Bertz CT molecular complexity index is 570. The lowest BCUT2D eigenvalue weighted by molar-refractivity contribution is -0.127. The molecule has 2 heterocycles. The van der Waals surface area contributed by atoms with Crippen molar-refractivity contribution in [1.82, 2.24) is 14.6 Å². The van der Waals surface area contributed by atoms with E-state index < -0.39 is 16.1 Å². The fourth-order valence-corrected chi connectivity index (χ4v) is 3.05. The highest BCUT2D eigenvalue weighted by Crippen LogP contribution is 2.14. The number of carbonyl (C=O) groups excluding carboxylic acids is 1. The Kier molecular flexibility index (Phi) is 3.83. The van der Waals surface area contributed by atoms with Crippen LogP contribution in [0.25, 0.3) is 0 Å². The van der Waals surface area contributed by atoms with E-state index in [1.807, 2.05) is 0 Å². The topological polar surface area (TPSA) is 105 Å². The first-order chi connectivity index (χ1) is 8.94. The number of carbonyl (C=O) groups is 1. The number of likely N-dealkylation sites (N-methyl/N-ethyl adjacent to an activating group) is 1. The standard InChI is InChI=1S/C11H16N4O3S/c1-15-5-4-10(11(15)16)14-19(17,18)9-3-2-8(6-12)13-7-9/h2-3,7,10,14H,4-6,12H2,1H3. The number of hydrogen-bond donors (Lipinski definition) is 2. The zero-order valence-corrected chi connectivity index (χ0v) is 11.4. The van der Waals surface area contributed by atoms with Crippen LogP contribution in [0.4, 0.5) is 0 Å². The van der Waals surface area contributed by atoms with Gasteiger partial charge in [-0.25, -0.2) is 8.42 Å². The van der Waals surface area contributed by atoms with Crippen molar-refractivity contribution in [3.8, 4) is 0 Å². The van der Waals surface area contributed by atoms with Gasteiger partial charge in [0, 0.05) is 26.3 Å². The van der Waals surface area contributed by atoms with Crippen LogP contribution in [0.1, 0.15) is 12.1 Å². The summed E-state index contributed by atoms with van der Waals surface area (Å²) in [4.78, 5) is 17.2. The summed E-state index contributed by atoms with van der Waals surface area (Å²) in [5.41, 5.74) is 6.00. The number of aromatic nitrogens is 1. The number of hydrogen-bond acceptors (Lipinski definition) is 5. The van der Waals surface area contributed by atoms with Crippen molar-refractivity contribution >= 4 is 15.9 Å². The van der Waals surface area contributed by atoms with Crippen molar-refractivity contribution in [1.29, 1.82) is 0 Å². The third kappa shape index (κ3) is 2.91. The predicted molar refractivity (Wildman–Crippen MR) is 68.5 cm³/mol. The van der Waals surface area contributed by atoms with Gasteiger partial charge in [0.05, 0.1) is 5.69 Å². The van der Waals surface area contributed by atoms with Gasteiger partial charge in [0.25, 0.3) is 0 Å². The number of nitrogens with one attached hydrogen (secondary N) is 1. The molecule has 1 unspecified atom stereocenters. The van der Waals surface area contributed by atoms with Gasteiger partial charge in [-0.2, -0.15) is 4.72 Å². The van der Waals surface area contributed by atoms with Gasteiger partial charge in [0.1, 0.15) is 10.9 Å². The SMILES string of the molecule is CN1CCC(NS(=O)(=O)c2ccc(CN)nc2)C1=O. The van der Waals surface area contributed by atoms with Gasteiger partial charge in [0.15, 0.2) is 0 Å². The molecule has 7 nitrogen and oxygen atoms in total. The fourth-order valence-electron chi connectivity index (χ4n) is 1.88. The Morgan fingerprint density at radius 3 is 2.74 bits per heavy atom. The average molecular weight is 284 g/mol. The van der Waals surface area contributed by atoms with Crippen molar-refractivity contribution in [2.75, 3.05) is 13.6 Å². The molecule has 3 N–H and O–H groups in total. The van der Waals surface area contributed by atoms with E-state index in [1.54, 1.807) is 13.1 Å². The summed E-state index contributed by atoms with van der Waals surface area (Å²) in [5, 5.41) is 0. The van der Waals surface area contributed by atoms with Crippen LogP contribution in [-0.2, 0) is 21.4 Å². The van der Waals surface area contributed by atoms with Gasteiger partial charge in [-0.3, -0.25) is 9.78 Å². The van der Waals surface area contributed by atoms with E-state index in [-0.39, 0.29) is 17.3 Å². The van der Waals surface area contributed by atoms with E-state index in [1.165, 1.54) is 17.2 Å². The molecule has 8 heteroatoms. The second kappa shape index (κ2) is 5.24. The third-order valence-corrected chi connectivity index (χ3v) is 4.50. The molecule has 0 radical (unpaired) electrons. The molecule has 2 rings (SSSR count). The minimum atomic E-state index is -3.73. The number of nitrogens with zero attached hydrogens (tertiary/aromatic N) is 2. The number of amides is 1. The van der Waals surface area contributed by atoms with Crippen molar-refractivity contribution in [3.63, 3.8) is 0 Å². The van der Waals surface area contributed by atoms with Gasteiger partial charge in [-0.15, -0.1) is 0 Å². The van der Waals surface area contributed by atoms with Crippen molar-refractivity contribution in [2.45, 2.75) is 23.9 Å². The molecule has 1 saturated heterocycles. The second-order valence-corrected chi connectivity index (χ2v) is 6.13. The number of nitrogens with two attached hydrogens (primary N) is 1. The monoisotopic (exact) mass is 284 g/mol. The highest BCUT2D eigenvalue weighted by molar-refractivity contribution is 7.89. The lowest BCUT2D eigenvalue weighted by Crippen LogP contribution is -2.40. The van der Waals surface area contributed by atoms with Crippen LogP contribution in [0.5, 0.6) is 0 Å². The lowest BCUT2D eigenvalue weighted by atomic mass is 10.3. The normalized spacial score (nSPS) is 20.0. The highest BCUT2D eigenvalue weighted by Gasteiger charge is 2.32. The van der Waals surface area contributed by atoms with Crippen LogP contribution in [0, 0.1) is 0 Å². The predicted octanol–water partition coefficient (Wildman–Crippen LogP) is -0.951. The summed E-state index contributed by atoms with van der Waals surface area (Å²) in [6, 6.07) is 2.29. The molecular formula is C11H16N4O3S. The Hall–Kier alpha value is -1.51. The summed E-state index contributed by atoms with van der Waals surface area (Å²) in [7, 11) is -2.08. The molecule has 1 atom stereocenters. The molecule has 1 aliphatic heterocycles. The summed E-state index contributed by atoms with van der Waals surface area (Å²) in [6.45, 7) is 0.802. The zero-order chi connectivity index (χ0) is 14.0. The number of sulfonamides is 1. The van der Waals surface area contributed by atoms with Gasteiger partial charge >= 0.3 is 0 Å². The molecule has 0 saturated carbocycles. The molecule has 1 aromatic heterocycles. The molecule has 19 heavy (non-hydrogen) atoms. The number of rotatable bonds is 4. The van der Waals surface area contributed by atoms with E-state index >= 15 is 0 Å². The molecule has 0 spiro atoms. The molecule has 1 fully saturated rings. The quantitative estimate of drug-likeness (QED) is 0.741. The minimum absolute atomic E-state index is 0.0343. The summed E-state index contributed by atoms with van der Waals surface area (Å²) in [5.74, 6) is -0.213. The molecule has 0 aliphatic carbocycles. The zero-order valence-electron chi connectivity index (χ0n) is 10.5. The average Bonchev–Trinajstić information content (AvgIpc) is 2.70. The Morgan fingerprint density at radius 1 is 1.53 bits per heavy atom. The Labute approximate surface area is 111 Å². The minimum Gasteiger partial charge on any atom is -0.344 e. The summed E-state index contributed by atoms with van der Waals surface area (Å²) in [6.07, 6.45) is 1.72. The molecule has 0 bridgehead atoms. The summed E-state index contributed by atoms with van der Waals surface area (Å²) >= 11 is 0. The van der Waals surface area contributed by atoms with Crippen molar-refractivity contribution in [2.24, 2.45) is 5.73 Å². The molecular weight excluding hydrogens is 268 g/mol. The first-order valence-corrected chi connectivity index (χ1v) is 7.34. The molecule has 104 valence electrons. The Morgan fingerprint density at radius 2 is 2.26 bits per heavy atom. The van der Waals surface area contributed by atoms with Crippen molar-refractivity contribution < 1.29 is 13.2 Å². The van der Waals surface area contributed by atoms with E-state index in [0.717, 1.165) is 0 Å². The van der Waals surface area contributed by atoms with E-state index in [0.29, 0.717) is 18.7 Å². The third-order valence-electron chi connectivity index (χ3n) is 3.04. The van der Waals surface area contributed by atoms with E-state index in [9.17, 15) is 13.2 Å². The van der Waals surface area contributed by atoms with Gasteiger partial charge in [0.2, 0.25) is 15.9 Å². The second-order valence-electron chi connectivity index (χ2n) is 4.41. The Balaban J connectivity index is 2.16. The van der Waals surface area contributed by atoms with Crippen LogP contribution in [0.2, 0.25) is 0 Å². The lowest BCUT2D eigenvalue weighted by Gasteiger charge is -2.12. The van der Waals surface area contributed by atoms with Crippen LogP contribution < -0.4 is 10.5 Å². The van der Waals surface area contributed by atoms with Crippen LogP contribution >= 0.6 is 0 Å². The maximum Gasteiger partial charge on any atom is 0.242 e. The first kappa shape index (κ1) is 13.9. The number of pyridine rings is 1. The molecule has 0 aromatic carbocycles. The van der Waals surface area contributed by atoms with E-state index in [2.05, 4.69) is 9.71 Å². The number of likely N-dealkylation sites (tertiary alicyclic amines) is 1. The van der Waals surface area contributed by atoms with Crippen LogP contribution in [0.15, 0.2) is 23.2 Å². The molecule has 1 aromatic rings. The van der Waals surface area contributed by atoms with Crippen LogP contribution in [-0.4, -0.2) is 43.8 Å². The molecule has 1 aliphatic rings. The van der Waals surface area contributed by atoms with Gasteiger partial charge in [-0.05, 0) is 18.6 Å². The maximum atomic E-state index is 12.1. The first-order valence-electron chi connectivity index (χ1n) is 5.86. The summed E-state index contributed by atoms with van der Waals surface area (Å²) < 4.78 is 26.6. The molecule has 1 amide bonds. The van der Waals surface area contributed by atoms with Gasteiger partial charge in [-0.1, -0.05) is 0 Å². The smallest absolute Gasteiger partial charge is 0.242 e. The van der Waals surface area contributed by atoms with E-state index in [4.69, 9.17) is 5.73 Å². The fraction of sp³-hybridized carbons (Fsp3) is 0.455. The van der Waals surface area contributed by atoms with Crippen LogP contribution in [0.3, 0.4) is 0 Å². The van der Waals surface area contributed by atoms with Gasteiger partial charge < -0.3 is 10.6 Å².